The molecule has 1 aromatic carbocycles. The molecule has 1 rings (SSSR count). The average molecular weight is 230 g/mol. The molecule has 0 aliphatic heterocycles. The largest absolute Gasteiger partial charge is 0.299 e. The van der Waals surface area contributed by atoms with E-state index in [-0.39, 0.29) is 11.4 Å². The summed E-state index contributed by atoms with van der Waals surface area (Å²) in [5.41, 5.74) is 1.87. The van der Waals surface area contributed by atoms with Crippen LogP contribution in [0.4, 0.5) is 0 Å². The second-order valence-electron chi connectivity index (χ2n) is 3.65. The molecule has 0 amide bonds. The molecule has 0 heterocycles. The molecule has 0 saturated heterocycles. The van der Waals surface area contributed by atoms with Crippen LogP contribution in [0.15, 0.2) is 42.1 Å². The van der Waals surface area contributed by atoms with Gasteiger partial charge in [0.15, 0.2) is 0 Å². The summed E-state index contributed by atoms with van der Waals surface area (Å²) in [5, 5.41) is 17.9. The van der Waals surface area contributed by atoms with Gasteiger partial charge in [0.1, 0.15) is 5.71 Å². The maximum atomic E-state index is 10.6. The van der Waals surface area contributed by atoms with Crippen molar-refractivity contribution in [3.05, 3.63) is 63.4 Å². The molecule has 0 unspecified atom stereocenters. The van der Waals surface area contributed by atoms with Crippen LogP contribution >= 0.6 is 0 Å². The third-order valence-electron chi connectivity index (χ3n) is 2.30. The number of nitro groups is 1. The summed E-state index contributed by atoms with van der Waals surface area (Å²) in [7, 11) is 0. The van der Waals surface area contributed by atoms with Gasteiger partial charge in [0.2, 0.25) is 0 Å². The van der Waals surface area contributed by atoms with Crippen LogP contribution in [0.5, 0.6) is 0 Å². The number of rotatable bonds is 4. The Kier molecular flexibility index (Phi) is 4.34. The number of hydrogen-bond donors (Lipinski definition) is 1. The average Bonchev–Trinajstić information content (AvgIpc) is 2.25. The van der Waals surface area contributed by atoms with Crippen LogP contribution in [-0.4, -0.2) is 10.6 Å². The molecule has 0 atom stereocenters. The van der Waals surface area contributed by atoms with Crippen molar-refractivity contribution < 1.29 is 4.92 Å². The van der Waals surface area contributed by atoms with Crippen molar-refractivity contribution in [2.45, 2.75) is 13.8 Å². The lowest BCUT2D eigenvalue weighted by atomic mass is 10.1. The van der Waals surface area contributed by atoms with Gasteiger partial charge in [-0.25, -0.2) is 0 Å². The monoisotopic (exact) mass is 230 g/mol. The number of hydrogen-bond acceptors (Lipinski definition) is 3. The highest BCUT2D eigenvalue weighted by Gasteiger charge is 2.10. The van der Waals surface area contributed by atoms with Crippen LogP contribution in [-0.2, 0) is 0 Å². The van der Waals surface area contributed by atoms with Gasteiger partial charge in [0.25, 0.3) is 5.70 Å². The molecule has 17 heavy (non-hydrogen) atoms. The fraction of sp³-hybridized carbons (Fsp3) is 0.154. The van der Waals surface area contributed by atoms with Crippen molar-refractivity contribution in [2.75, 3.05) is 0 Å². The minimum Gasteiger partial charge on any atom is -0.299 e. The van der Waals surface area contributed by atoms with Gasteiger partial charge < -0.3 is 0 Å². The summed E-state index contributed by atoms with van der Waals surface area (Å²) in [6, 6.07) is 7.75. The zero-order valence-corrected chi connectivity index (χ0v) is 9.81. The summed E-state index contributed by atoms with van der Waals surface area (Å²) in [6.45, 7) is 3.37. The maximum Gasteiger partial charge on any atom is 0.289 e. The minimum atomic E-state index is -0.551. The van der Waals surface area contributed by atoms with Crippen LogP contribution in [0.25, 0.3) is 6.08 Å². The number of nitrogens with zero attached hydrogens (tertiary/aromatic N) is 1. The maximum absolute atomic E-state index is 10.6. The first-order chi connectivity index (χ1) is 8.02. The summed E-state index contributed by atoms with van der Waals surface area (Å²) in [5.74, 6) is 0. The number of aryl methyl sites for hydroxylation is 1. The third kappa shape index (κ3) is 3.68. The lowest BCUT2D eigenvalue weighted by Gasteiger charge is -1.97. The zero-order chi connectivity index (χ0) is 12.8. The number of nitrogens with one attached hydrogen (secondary N) is 1. The van der Waals surface area contributed by atoms with Crippen molar-refractivity contribution in [2.24, 2.45) is 0 Å². The molecule has 0 saturated carbocycles. The Hall–Kier alpha value is -2.23. The fourth-order valence-electron chi connectivity index (χ4n) is 1.34. The molecule has 4 heteroatoms. The molecule has 0 radical (unpaired) electrons. The number of allylic oxidation sites excluding steroid dienone is 3. The van der Waals surface area contributed by atoms with E-state index in [9.17, 15) is 10.1 Å². The van der Waals surface area contributed by atoms with Gasteiger partial charge in [0, 0.05) is 6.08 Å². The van der Waals surface area contributed by atoms with Gasteiger partial charge in [-0.2, -0.15) is 0 Å². The Morgan fingerprint density at radius 3 is 2.59 bits per heavy atom. The summed E-state index contributed by atoms with van der Waals surface area (Å²) >= 11 is 0. The molecule has 0 spiro atoms. The molecule has 0 bridgehead atoms. The van der Waals surface area contributed by atoms with Gasteiger partial charge in [-0.05, 0) is 25.0 Å². The fourth-order valence-corrected chi connectivity index (χ4v) is 1.34. The molecular formula is C13H14N2O2. The van der Waals surface area contributed by atoms with E-state index in [0.29, 0.717) is 0 Å². The van der Waals surface area contributed by atoms with Gasteiger partial charge in [0.05, 0.1) is 4.92 Å². The Balaban J connectivity index is 2.92. The second kappa shape index (κ2) is 5.75. The van der Waals surface area contributed by atoms with E-state index in [0.717, 1.165) is 11.1 Å². The van der Waals surface area contributed by atoms with Crippen molar-refractivity contribution in [1.82, 2.24) is 0 Å². The molecule has 0 aromatic heterocycles. The normalized spacial score (nSPS) is 11.8. The van der Waals surface area contributed by atoms with Gasteiger partial charge in [-0.3, -0.25) is 15.5 Å². The van der Waals surface area contributed by atoms with E-state index < -0.39 is 4.92 Å². The first-order valence-electron chi connectivity index (χ1n) is 5.16. The quantitative estimate of drug-likeness (QED) is 0.373. The summed E-state index contributed by atoms with van der Waals surface area (Å²) < 4.78 is 0. The van der Waals surface area contributed by atoms with Gasteiger partial charge >= 0.3 is 0 Å². The van der Waals surface area contributed by atoms with Crippen molar-refractivity contribution in [1.29, 1.82) is 5.41 Å². The molecule has 88 valence electrons. The molecule has 1 N–H and O–H groups in total. The molecule has 0 aliphatic rings. The van der Waals surface area contributed by atoms with E-state index in [4.69, 9.17) is 5.41 Å². The Morgan fingerprint density at radius 1 is 1.41 bits per heavy atom. The van der Waals surface area contributed by atoms with Crippen LogP contribution in [0, 0.1) is 22.4 Å². The summed E-state index contributed by atoms with van der Waals surface area (Å²) in [6.07, 6.45) is 4.73. The SMILES string of the molecule is CC(=N)C(=C/C=C/c1ccccc1C)[N+](=O)[O-]. The van der Waals surface area contributed by atoms with Crippen molar-refractivity contribution in [3.8, 4) is 0 Å². The highest BCUT2D eigenvalue weighted by molar-refractivity contribution is 5.93. The lowest BCUT2D eigenvalue weighted by molar-refractivity contribution is -0.415. The predicted octanol–water partition coefficient (Wildman–Crippen LogP) is 3.21. The first-order valence-corrected chi connectivity index (χ1v) is 5.16. The van der Waals surface area contributed by atoms with E-state index in [1.165, 1.54) is 13.0 Å². The second-order valence-corrected chi connectivity index (χ2v) is 3.65. The van der Waals surface area contributed by atoms with Crippen LogP contribution in [0.2, 0.25) is 0 Å². The van der Waals surface area contributed by atoms with E-state index >= 15 is 0 Å². The van der Waals surface area contributed by atoms with Gasteiger partial charge in [-0.1, -0.05) is 36.4 Å². The Labute approximate surface area is 99.9 Å². The molecule has 0 aliphatic carbocycles. The number of benzene rings is 1. The molecule has 4 nitrogen and oxygen atoms in total. The van der Waals surface area contributed by atoms with Crippen LogP contribution in [0.1, 0.15) is 18.1 Å². The smallest absolute Gasteiger partial charge is 0.289 e. The third-order valence-corrected chi connectivity index (χ3v) is 2.30. The summed E-state index contributed by atoms with van der Waals surface area (Å²) in [4.78, 5) is 10.1. The standard InChI is InChI=1S/C13H14N2O2/c1-10-6-3-4-7-12(10)8-5-9-13(11(2)14)15(16)17/h3-9,14H,1-2H3/b8-5+,13-9?,14-11?. The van der Waals surface area contributed by atoms with E-state index in [1.807, 2.05) is 31.2 Å². The van der Waals surface area contributed by atoms with E-state index in [1.54, 1.807) is 12.2 Å². The molecular weight excluding hydrogens is 216 g/mol. The molecule has 1 aromatic rings. The Morgan fingerprint density at radius 2 is 2.06 bits per heavy atom. The Bertz CT molecular complexity index is 486. The minimum absolute atomic E-state index is 0.0515. The van der Waals surface area contributed by atoms with E-state index in [2.05, 4.69) is 0 Å². The van der Waals surface area contributed by atoms with Gasteiger partial charge in [-0.15, -0.1) is 0 Å². The topological polar surface area (TPSA) is 67.0 Å². The zero-order valence-electron chi connectivity index (χ0n) is 9.81. The predicted molar refractivity (Wildman–Crippen MR) is 68.7 cm³/mol. The van der Waals surface area contributed by atoms with Crippen LogP contribution in [0.3, 0.4) is 0 Å². The lowest BCUT2D eigenvalue weighted by Crippen LogP contribution is -2.06. The van der Waals surface area contributed by atoms with Crippen LogP contribution < -0.4 is 0 Å². The van der Waals surface area contributed by atoms with Crippen molar-refractivity contribution >= 4 is 11.8 Å². The first kappa shape index (κ1) is 12.8. The molecule has 0 fully saturated rings. The van der Waals surface area contributed by atoms with Crippen molar-refractivity contribution in [3.63, 3.8) is 0 Å². The highest BCUT2D eigenvalue weighted by atomic mass is 16.6. The highest BCUT2D eigenvalue weighted by Crippen LogP contribution is 2.09.